The fourth-order valence-electron chi connectivity index (χ4n) is 1.91. The minimum atomic E-state index is -3.11. The topological polar surface area (TPSA) is 29.5 Å². The van der Waals surface area contributed by atoms with Crippen molar-refractivity contribution in [2.75, 3.05) is 6.61 Å². The molecule has 2 aromatic carbocycles. The van der Waals surface area contributed by atoms with Gasteiger partial charge in [0.2, 0.25) is 0 Å². The van der Waals surface area contributed by atoms with E-state index in [1.54, 1.807) is 18.2 Å². The average molecular weight is 313 g/mol. The molecule has 1 atom stereocenters. The van der Waals surface area contributed by atoms with Crippen LogP contribution in [0.3, 0.4) is 0 Å². The summed E-state index contributed by atoms with van der Waals surface area (Å²) < 4.78 is 33.3. The molecule has 0 aliphatic heterocycles. The molecule has 21 heavy (non-hydrogen) atoms. The molecular weight excluding hydrogens is 298 g/mol. The summed E-state index contributed by atoms with van der Waals surface area (Å²) >= 11 is 5.83. The summed E-state index contributed by atoms with van der Waals surface area (Å²) in [6, 6.07) is 12.0. The molecule has 0 bridgehead atoms. The van der Waals surface area contributed by atoms with Gasteiger partial charge in [0.1, 0.15) is 5.75 Å². The Kier molecular flexibility index (Phi) is 4.80. The van der Waals surface area contributed by atoms with Crippen LogP contribution >= 0.6 is 11.6 Å². The second-order valence-electron chi connectivity index (χ2n) is 4.72. The molecular formula is C16H15ClF2O2. The zero-order valence-corrected chi connectivity index (χ0v) is 12.1. The van der Waals surface area contributed by atoms with Crippen molar-refractivity contribution >= 4 is 11.6 Å². The van der Waals surface area contributed by atoms with Gasteiger partial charge in [0.15, 0.2) is 6.61 Å². The maximum Gasteiger partial charge on any atom is 0.306 e. The highest BCUT2D eigenvalue weighted by Crippen LogP contribution is 2.32. The molecule has 112 valence electrons. The molecule has 1 N–H and O–H groups in total. The third-order valence-corrected chi connectivity index (χ3v) is 3.26. The van der Waals surface area contributed by atoms with Crippen LogP contribution in [0, 0.1) is 0 Å². The van der Waals surface area contributed by atoms with Gasteiger partial charge in [0.05, 0.1) is 6.10 Å². The monoisotopic (exact) mass is 312 g/mol. The predicted molar refractivity (Wildman–Crippen MR) is 77.9 cm³/mol. The number of aliphatic hydroxyl groups is 1. The summed E-state index contributed by atoms with van der Waals surface area (Å²) in [6.07, 6.45) is -0.857. The molecule has 5 heteroatoms. The molecule has 0 fully saturated rings. The number of ether oxygens (including phenoxy) is 1. The van der Waals surface area contributed by atoms with E-state index in [2.05, 4.69) is 0 Å². The van der Waals surface area contributed by atoms with E-state index in [9.17, 15) is 13.9 Å². The average Bonchev–Trinajstić information content (AvgIpc) is 2.47. The van der Waals surface area contributed by atoms with Crippen LogP contribution in [0.25, 0.3) is 0 Å². The van der Waals surface area contributed by atoms with Gasteiger partial charge >= 0.3 is 5.92 Å². The summed E-state index contributed by atoms with van der Waals surface area (Å²) in [5, 5.41) is 10.1. The first-order valence-corrected chi connectivity index (χ1v) is 6.81. The number of benzene rings is 2. The Balaban J connectivity index is 2.16. The molecule has 2 nitrogen and oxygen atoms in total. The molecule has 0 radical (unpaired) electrons. The molecule has 0 aliphatic rings. The smallest absolute Gasteiger partial charge is 0.306 e. The Hall–Kier alpha value is -1.65. The van der Waals surface area contributed by atoms with Crippen molar-refractivity contribution < 1.29 is 18.6 Å². The molecule has 0 aliphatic carbocycles. The first-order valence-electron chi connectivity index (χ1n) is 6.44. The molecule has 0 saturated carbocycles. The zero-order chi connectivity index (χ0) is 15.5. The molecule has 2 aromatic rings. The maximum atomic E-state index is 14.0. The first kappa shape index (κ1) is 15.7. The van der Waals surface area contributed by atoms with E-state index in [0.717, 1.165) is 0 Å². The minimum absolute atomic E-state index is 0.113. The van der Waals surface area contributed by atoms with Gasteiger partial charge in [-0.2, -0.15) is 8.78 Å². The van der Waals surface area contributed by atoms with Crippen LogP contribution in [-0.4, -0.2) is 11.7 Å². The highest BCUT2D eigenvalue weighted by Gasteiger charge is 2.32. The summed E-state index contributed by atoms with van der Waals surface area (Å²) in [5.41, 5.74) is 0.268. The minimum Gasteiger partial charge on any atom is -0.487 e. The van der Waals surface area contributed by atoms with Crippen LogP contribution in [0.4, 0.5) is 8.78 Å². The zero-order valence-electron chi connectivity index (χ0n) is 11.4. The lowest BCUT2D eigenvalue weighted by atomic mass is 10.1. The summed E-state index contributed by atoms with van der Waals surface area (Å²) in [4.78, 5) is 0. The van der Waals surface area contributed by atoms with Crippen LogP contribution in [0.2, 0.25) is 5.02 Å². The van der Waals surface area contributed by atoms with Crippen LogP contribution in [0.1, 0.15) is 24.2 Å². The van der Waals surface area contributed by atoms with Gasteiger partial charge in [-0.15, -0.1) is 0 Å². The van der Waals surface area contributed by atoms with Crippen LogP contribution in [-0.2, 0) is 5.92 Å². The van der Waals surface area contributed by atoms with Gasteiger partial charge in [0.25, 0.3) is 0 Å². The van der Waals surface area contributed by atoms with Crippen LogP contribution in [0.15, 0.2) is 48.5 Å². The van der Waals surface area contributed by atoms with E-state index >= 15 is 0 Å². The number of aliphatic hydroxyl groups excluding tert-OH is 1. The SMILES string of the molecule is C[C@@H](O)c1cc(Cl)ccc1OCC(F)(F)c1ccccc1. The van der Waals surface area contributed by atoms with Gasteiger partial charge in [-0.3, -0.25) is 0 Å². The van der Waals surface area contributed by atoms with Crippen molar-refractivity contribution in [2.24, 2.45) is 0 Å². The quantitative estimate of drug-likeness (QED) is 0.876. The number of hydrogen-bond donors (Lipinski definition) is 1. The fraction of sp³-hybridized carbons (Fsp3) is 0.250. The first-order chi connectivity index (χ1) is 9.90. The maximum absolute atomic E-state index is 14.0. The number of hydrogen-bond acceptors (Lipinski definition) is 2. The highest BCUT2D eigenvalue weighted by molar-refractivity contribution is 6.30. The molecule has 0 saturated heterocycles. The van der Waals surface area contributed by atoms with Gasteiger partial charge in [0, 0.05) is 16.1 Å². The Morgan fingerprint density at radius 1 is 1.19 bits per heavy atom. The lowest BCUT2D eigenvalue weighted by Gasteiger charge is -2.19. The van der Waals surface area contributed by atoms with Crippen molar-refractivity contribution in [2.45, 2.75) is 19.0 Å². The van der Waals surface area contributed by atoms with E-state index in [1.165, 1.54) is 37.3 Å². The Morgan fingerprint density at radius 2 is 1.86 bits per heavy atom. The predicted octanol–water partition coefficient (Wildman–Crippen LogP) is 4.56. The molecule has 0 amide bonds. The fourth-order valence-corrected chi connectivity index (χ4v) is 2.09. The van der Waals surface area contributed by atoms with Crippen molar-refractivity contribution in [3.63, 3.8) is 0 Å². The normalized spacial score (nSPS) is 13.0. The number of halogens is 3. The van der Waals surface area contributed by atoms with E-state index < -0.39 is 18.6 Å². The van der Waals surface area contributed by atoms with Gasteiger partial charge in [-0.25, -0.2) is 0 Å². The van der Waals surface area contributed by atoms with E-state index in [1.807, 2.05) is 0 Å². The number of rotatable bonds is 5. The standard InChI is InChI=1S/C16H15ClF2O2/c1-11(20)14-9-13(17)7-8-15(14)21-10-16(18,19)12-5-3-2-4-6-12/h2-9,11,20H,10H2,1H3/t11-/m1/s1. The molecule has 0 unspecified atom stereocenters. The van der Waals surface area contributed by atoms with Gasteiger partial charge in [-0.05, 0) is 25.1 Å². The second kappa shape index (κ2) is 6.41. The third kappa shape index (κ3) is 3.93. The third-order valence-electron chi connectivity index (χ3n) is 3.03. The van der Waals surface area contributed by atoms with Crippen LogP contribution < -0.4 is 4.74 Å². The Bertz CT molecular complexity index is 600. The molecule has 0 aromatic heterocycles. The van der Waals surface area contributed by atoms with E-state index in [-0.39, 0.29) is 11.3 Å². The van der Waals surface area contributed by atoms with Crippen molar-refractivity contribution in [1.29, 1.82) is 0 Å². The van der Waals surface area contributed by atoms with Crippen molar-refractivity contribution in [3.8, 4) is 5.75 Å². The molecule has 0 spiro atoms. The molecule has 2 rings (SSSR count). The van der Waals surface area contributed by atoms with Crippen LogP contribution in [0.5, 0.6) is 5.75 Å². The van der Waals surface area contributed by atoms with Crippen molar-refractivity contribution in [1.82, 2.24) is 0 Å². The molecule has 0 heterocycles. The Morgan fingerprint density at radius 3 is 2.48 bits per heavy atom. The lowest BCUT2D eigenvalue weighted by molar-refractivity contribution is -0.0473. The second-order valence-corrected chi connectivity index (χ2v) is 5.15. The summed E-state index contributed by atoms with van der Waals surface area (Å²) in [5.74, 6) is -2.92. The van der Waals surface area contributed by atoms with Crippen molar-refractivity contribution in [3.05, 3.63) is 64.7 Å². The van der Waals surface area contributed by atoms with E-state index in [4.69, 9.17) is 16.3 Å². The summed E-state index contributed by atoms with van der Waals surface area (Å²) in [6.45, 7) is 0.715. The number of alkyl halides is 2. The van der Waals surface area contributed by atoms with Gasteiger partial charge in [-0.1, -0.05) is 41.9 Å². The highest BCUT2D eigenvalue weighted by atomic mass is 35.5. The van der Waals surface area contributed by atoms with Gasteiger partial charge < -0.3 is 9.84 Å². The summed E-state index contributed by atoms with van der Waals surface area (Å²) in [7, 11) is 0. The van der Waals surface area contributed by atoms with E-state index in [0.29, 0.717) is 10.6 Å². The Labute approximate surface area is 126 Å². The lowest BCUT2D eigenvalue weighted by Crippen LogP contribution is -2.23. The largest absolute Gasteiger partial charge is 0.487 e.